The molecule has 0 spiro atoms. The van der Waals surface area contributed by atoms with E-state index in [9.17, 15) is 14.3 Å². The van der Waals surface area contributed by atoms with E-state index in [1.54, 1.807) is 6.07 Å². The molecule has 0 aliphatic heterocycles. The van der Waals surface area contributed by atoms with E-state index in [1.165, 1.54) is 6.07 Å². The van der Waals surface area contributed by atoms with E-state index in [1.807, 2.05) is 13.8 Å². The van der Waals surface area contributed by atoms with Crippen LogP contribution in [0.25, 0.3) is 0 Å². The maximum Gasteiger partial charge on any atom is 0.314 e. The van der Waals surface area contributed by atoms with Crippen molar-refractivity contribution in [2.75, 3.05) is 0 Å². The Balaban J connectivity index is 2.55. The lowest BCUT2D eigenvalue weighted by Gasteiger charge is -2.38. The van der Waals surface area contributed by atoms with E-state index >= 15 is 0 Å². The monoisotopic (exact) mass is 222 g/mol. The summed E-state index contributed by atoms with van der Waals surface area (Å²) in [4.78, 5) is 11.3. The van der Waals surface area contributed by atoms with Crippen LogP contribution in [0.15, 0.2) is 12.1 Å². The van der Waals surface area contributed by atoms with Gasteiger partial charge in [-0.1, -0.05) is 12.5 Å². The third-order valence-corrected chi connectivity index (χ3v) is 3.72. The summed E-state index contributed by atoms with van der Waals surface area (Å²) in [6, 6.07) is 3.13. The van der Waals surface area contributed by atoms with Crippen molar-refractivity contribution in [3.63, 3.8) is 0 Å². The van der Waals surface area contributed by atoms with Crippen molar-refractivity contribution in [2.45, 2.75) is 38.5 Å². The minimum atomic E-state index is -0.970. The highest BCUT2D eigenvalue weighted by Crippen LogP contribution is 2.45. The Morgan fingerprint density at radius 1 is 1.31 bits per heavy atom. The molecule has 0 unspecified atom stereocenters. The van der Waals surface area contributed by atoms with Crippen molar-refractivity contribution in [3.8, 4) is 0 Å². The minimum Gasteiger partial charge on any atom is -0.481 e. The van der Waals surface area contributed by atoms with E-state index in [-0.39, 0.29) is 5.82 Å². The number of benzene rings is 1. The summed E-state index contributed by atoms with van der Waals surface area (Å²) < 4.78 is 13.8. The van der Waals surface area contributed by atoms with Crippen LogP contribution in [0.2, 0.25) is 0 Å². The van der Waals surface area contributed by atoms with Gasteiger partial charge in [0, 0.05) is 5.56 Å². The Hall–Kier alpha value is -1.38. The highest BCUT2D eigenvalue weighted by molar-refractivity contribution is 5.82. The van der Waals surface area contributed by atoms with Crippen molar-refractivity contribution in [1.29, 1.82) is 0 Å². The third-order valence-electron chi connectivity index (χ3n) is 3.72. The van der Waals surface area contributed by atoms with Gasteiger partial charge in [0.1, 0.15) is 5.82 Å². The minimum absolute atomic E-state index is 0.356. The zero-order chi connectivity index (χ0) is 11.9. The summed E-state index contributed by atoms with van der Waals surface area (Å²) >= 11 is 0. The molecule has 0 heterocycles. The number of carboxylic acids is 1. The molecule has 0 aromatic heterocycles. The molecule has 0 atom stereocenters. The summed E-state index contributed by atoms with van der Waals surface area (Å²) in [7, 11) is 0. The van der Waals surface area contributed by atoms with Crippen molar-refractivity contribution < 1.29 is 14.3 Å². The molecule has 2 nitrogen and oxygen atoms in total. The Bertz CT molecular complexity index is 447. The van der Waals surface area contributed by atoms with Crippen LogP contribution in [0.3, 0.4) is 0 Å². The first kappa shape index (κ1) is 11.1. The molecule has 1 N–H and O–H groups in total. The quantitative estimate of drug-likeness (QED) is 0.835. The fourth-order valence-electron chi connectivity index (χ4n) is 2.28. The van der Waals surface area contributed by atoms with Crippen LogP contribution in [0, 0.1) is 19.7 Å². The number of aliphatic carboxylic acids is 1. The second-order valence-corrected chi connectivity index (χ2v) is 4.66. The number of hydrogen-bond acceptors (Lipinski definition) is 1. The smallest absolute Gasteiger partial charge is 0.314 e. The number of rotatable bonds is 2. The molecule has 16 heavy (non-hydrogen) atoms. The number of halogens is 1. The number of carboxylic acid groups (broad SMARTS) is 1. The lowest BCUT2D eigenvalue weighted by molar-refractivity contribution is -0.147. The van der Waals surface area contributed by atoms with Crippen LogP contribution in [0.5, 0.6) is 0 Å². The summed E-state index contributed by atoms with van der Waals surface area (Å²) in [5, 5.41) is 9.26. The highest BCUT2D eigenvalue weighted by atomic mass is 19.1. The molecule has 1 fully saturated rings. The predicted octanol–water partition coefficient (Wildman–Crippen LogP) is 2.95. The number of aryl methyl sites for hydroxylation is 2. The van der Waals surface area contributed by atoms with Crippen molar-refractivity contribution in [3.05, 3.63) is 34.6 Å². The summed E-state index contributed by atoms with van der Waals surface area (Å²) in [6.45, 7) is 3.71. The highest BCUT2D eigenvalue weighted by Gasteiger charge is 2.47. The molecule has 1 aliphatic carbocycles. The van der Waals surface area contributed by atoms with Gasteiger partial charge in [-0.15, -0.1) is 0 Å². The second kappa shape index (κ2) is 3.58. The van der Waals surface area contributed by atoms with Gasteiger partial charge in [-0.2, -0.15) is 0 Å². The van der Waals surface area contributed by atoms with E-state index in [0.717, 1.165) is 17.5 Å². The van der Waals surface area contributed by atoms with Gasteiger partial charge in [0.05, 0.1) is 5.41 Å². The Kier molecular flexibility index (Phi) is 2.49. The third kappa shape index (κ3) is 1.42. The topological polar surface area (TPSA) is 37.3 Å². The van der Waals surface area contributed by atoms with Gasteiger partial charge in [0.25, 0.3) is 0 Å². The van der Waals surface area contributed by atoms with Crippen LogP contribution in [-0.2, 0) is 10.2 Å². The Labute approximate surface area is 94.1 Å². The predicted molar refractivity (Wildman–Crippen MR) is 59.0 cm³/mol. The molecule has 0 bridgehead atoms. The van der Waals surface area contributed by atoms with Crippen LogP contribution in [0.4, 0.5) is 4.39 Å². The normalized spacial score (nSPS) is 17.9. The fourth-order valence-corrected chi connectivity index (χ4v) is 2.28. The van der Waals surface area contributed by atoms with Gasteiger partial charge in [-0.3, -0.25) is 4.79 Å². The average molecular weight is 222 g/mol. The molecule has 1 aromatic carbocycles. The lowest BCUT2D eigenvalue weighted by atomic mass is 9.64. The molecule has 1 saturated carbocycles. The molecule has 86 valence electrons. The zero-order valence-electron chi connectivity index (χ0n) is 9.51. The lowest BCUT2D eigenvalue weighted by Crippen LogP contribution is -2.43. The number of hydrogen-bond donors (Lipinski definition) is 1. The van der Waals surface area contributed by atoms with Crippen LogP contribution < -0.4 is 0 Å². The molecule has 0 radical (unpaired) electrons. The maximum absolute atomic E-state index is 13.8. The standard InChI is InChI=1S/C13H15FO2/c1-8-6-10(11(14)7-9(8)2)13(12(15)16)4-3-5-13/h6-7H,3-5H2,1-2H3,(H,15,16). The molecule has 1 aromatic rings. The Morgan fingerprint density at radius 3 is 2.31 bits per heavy atom. The van der Waals surface area contributed by atoms with E-state index < -0.39 is 11.4 Å². The van der Waals surface area contributed by atoms with E-state index in [0.29, 0.717) is 18.4 Å². The van der Waals surface area contributed by atoms with E-state index in [2.05, 4.69) is 0 Å². The molecular weight excluding hydrogens is 207 g/mol. The van der Waals surface area contributed by atoms with Gasteiger partial charge >= 0.3 is 5.97 Å². The molecule has 2 rings (SSSR count). The summed E-state index contributed by atoms with van der Waals surface area (Å²) in [5.41, 5.74) is 1.20. The first-order chi connectivity index (χ1) is 7.47. The molecular formula is C13H15FO2. The first-order valence-corrected chi connectivity index (χ1v) is 5.48. The molecule has 0 saturated heterocycles. The summed E-state index contributed by atoms with van der Waals surface area (Å²) in [5.74, 6) is -1.29. The fraction of sp³-hybridized carbons (Fsp3) is 0.462. The first-order valence-electron chi connectivity index (χ1n) is 5.48. The van der Waals surface area contributed by atoms with Crippen LogP contribution in [0.1, 0.15) is 36.0 Å². The largest absolute Gasteiger partial charge is 0.481 e. The molecule has 3 heteroatoms. The number of carbonyl (C=O) groups is 1. The van der Waals surface area contributed by atoms with Gasteiger partial charge < -0.3 is 5.11 Å². The van der Waals surface area contributed by atoms with Gasteiger partial charge in [-0.25, -0.2) is 4.39 Å². The van der Waals surface area contributed by atoms with Crippen molar-refractivity contribution in [2.24, 2.45) is 0 Å². The van der Waals surface area contributed by atoms with Crippen molar-refractivity contribution >= 4 is 5.97 Å². The zero-order valence-corrected chi connectivity index (χ0v) is 9.51. The van der Waals surface area contributed by atoms with Crippen LogP contribution >= 0.6 is 0 Å². The molecule has 0 amide bonds. The van der Waals surface area contributed by atoms with Gasteiger partial charge in [-0.05, 0) is 43.9 Å². The second-order valence-electron chi connectivity index (χ2n) is 4.66. The average Bonchev–Trinajstić information content (AvgIpc) is 2.11. The Morgan fingerprint density at radius 2 is 1.88 bits per heavy atom. The van der Waals surface area contributed by atoms with E-state index in [4.69, 9.17) is 0 Å². The van der Waals surface area contributed by atoms with Gasteiger partial charge in [0.2, 0.25) is 0 Å². The maximum atomic E-state index is 13.8. The van der Waals surface area contributed by atoms with Crippen LogP contribution in [-0.4, -0.2) is 11.1 Å². The SMILES string of the molecule is Cc1cc(F)c(C2(C(=O)O)CCC2)cc1C. The summed E-state index contributed by atoms with van der Waals surface area (Å²) in [6.07, 6.45) is 1.95. The van der Waals surface area contributed by atoms with Crippen molar-refractivity contribution in [1.82, 2.24) is 0 Å². The molecule has 1 aliphatic rings. The van der Waals surface area contributed by atoms with Gasteiger partial charge in [0.15, 0.2) is 0 Å².